The number of nitrogens with one attached hydrogen (secondary N) is 1. The highest BCUT2D eigenvalue weighted by molar-refractivity contribution is 6.31. The van der Waals surface area contributed by atoms with Gasteiger partial charge in [0.1, 0.15) is 6.33 Å². The number of benzene rings is 2. The molecule has 1 heterocycles. The summed E-state index contributed by atoms with van der Waals surface area (Å²) in [5.74, 6) is 1.04. The van der Waals surface area contributed by atoms with Crippen LogP contribution in [0.3, 0.4) is 0 Å². The van der Waals surface area contributed by atoms with E-state index in [0.717, 1.165) is 16.8 Å². The first-order valence-electron chi connectivity index (χ1n) is 6.60. The SMILES string of the molecule is Cc1ccc(Cl)cc1-c1ncnc(Nc2ccc(Cl)cc2)n1. The maximum Gasteiger partial charge on any atom is 0.230 e. The molecule has 22 heavy (non-hydrogen) atoms. The van der Waals surface area contributed by atoms with Crippen LogP contribution >= 0.6 is 23.2 Å². The maximum absolute atomic E-state index is 6.05. The topological polar surface area (TPSA) is 50.7 Å². The molecule has 0 fully saturated rings. The fourth-order valence-corrected chi connectivity index (χ4v) is 2.28. The number of nitrogens with zero attached hydrogens (tertiary/aromatic N) is 3. The molecule has 3 aromatic rings. The van der Waals surface area contributed by atoms with E-state index in [2.05, 4.69) is 20.3 Å². The van der Waals surface area contributed by atoms with E-state index in [4.69, 9.17) is 23.2 Å². The van der Waals surface area contributed by atoms with Crippen LogP contribution in [0.15, 0.2) is 48.8 Å². The summed E-state index contributed by atoms with van der Waals surface area (Å²) in [7, 11) is 0. The summed E-state index contributed by atoms with van der Waals surface area (Å²) in [4.78, 5) is 12.8. The van der Waals surface area contributed by atoms with E-state index in [9.17, 15) is 0 Å². The highest BCUT2D eigenvalue weighted by atomic mass is 35.5. The summed E-state index contributed by atoms with van der Waals surface area (Å²) < 4.78 is 0. The zero-order chi connectivity index (χ0) is 15.5. The summed E-state index contributed by atoms with van der Waals surface area (Å²) >= 11 is 11.9. The second kappa shape index (κ2) is 6.30. The third kappa shape index (κ3) is 3.35. The predicted octanol–water partition coefficient (Wildman–Crippen LogP) is 4.90. The largest absolute Gasteiger partial charge is 0.324 e. The molecule has 110 valence electrons. The number of hydrogen-bond acceptors (Lipinski definition) is 4. The number of aromatic nitrogens is 3. The van der Waals surface area contributed by atoms with E-state index in [1.54, 1.807) is 12.1 Å². The third-order valence-corrected chi connectivity index (χ3v) is 3.60. The molecule has 4 nitrogen and oxygen atoms in total. The molecule has 0 aliphatic rings. The zero-order valence-electron chi connectivity index (χ0n) is 11.7. The van der Waals surface area contributed by atoms with Crippen molar-refractivity contribution in [2.75, 3.05) is 5.32 Å². The van der Waals surface area contributed by atoms with Crippen molar-refractivity contribution in [3.8, 4) is 11.4 Å². The number of aryl methyl sites for hydroxylation is 1. The number of hydrogen-bond donors (Lipinski definition) is 1. The van der Waals surface area contributed by atoms with Gasteiger partial charge in [-0.1, -0.05) is 29.3 Å². The highest BCUT2D eigenvalue weighted by Crippen LogP contribution is 2.24. The lowest BCUT2D eigenvalue weighted by molar-refractivity contribution is 1.06. The van der Waals surface area contributed by atoms with Crippen LogP contribution in [0.1, 0.15) is 5.56 Å². The van der Waals surface area contributed by atoms with E-state index >= 15 is 0 Å². The van der Waals surface area contributed by atoms with Gasteiger partial charge >= 0.3 is 0 Å². The maximum atomic E-state index is 6.05. The van der Waals surface area contributed by atoms with Crippen LogP contribution in [-0.4, -0.2) is 15.0 Å². The molecule has 0 radical (unpaired) electrons. The van der Waals surface area contributed by atoms with E-state index < -0.39 is 0 Å². The number of anilines is 2. The Kier molecular flexibility index (Phi) is 4.22. The highest BCUT2D eigenvalue weighted by Gasteiger charge is 2.08. The molecule has 0 spiro atoms. The molecule has 0 saturated heterocycles. The van der Waals surface area contributed by atoms with Gasteiger partial charge in [-0.25, -0.2) is 9.97 Å². The monoisotopic (exact) mass is 330 g/mol. The van der Waals surface area contributed by atoms with Gasteiger partial charge in [0.05, 0.1) is 0 Å². The quantitative estimate of drug-likeness (QED) is 0.742. The first-order valence-corrected chi connectivity index (χ1v) is 7.35. The standard InChI is InChI=1S/C16H12Cl2N4/c1-10-2-3-12(18)8-14(10)15-19-9-20-16(22-15)21-13-6-4-11(17)5-7-13/h2-9H,1H3,(H,19,20,21,22). The van der Waals surface area contributed by atoms with Crippen molar-refractivity contribution in [3.63, 3.8) is 0 Å². The lowest BCUT2D eigenvalue weighted by atomic mass is 10.1. The van der Waals surface area contributed by atoms with Crippen LogP contribution < -0.4 is 5.32 Å². The fraction of sp³-hybridized carbons (Fsp3) is 0.0625. The number of rotatable bonds is 3. The van der Waals surface area contributed by atoms with Crippen LogP contribution in [0, 0.1) is 6.92 Å². The Bertz CT molecular complexity index is 803. The van der Waals surface area contributed by atoms with Gasteiger partial charge in [0.25, 0.3) is 0 Å². The van der Waals surface area contributed by atoms with E-state index in [-0.39, 0.29) is 0 Å². The molecule has 0 aliphatic carbocycles. The first kappa shape index (κ1) is 14.8. The van der Waals surface area contributed by atoms with Gasteiger partial charge in [0.2, 0.25) is 5.95 Å². The predicted molar refractivity (Wildman–Crippen MR) is 89.7 cm³/mol. The summed E-state index contributed by atoms with van der Waals surface area (Å²) in [6.07, 6.45) is 1.47. The molecule has 0 amide bonds. The first-order chi connectivity index (χ1) is 10.6. The summed E-state index contributed by atoms with van der Waals surface area (Å²) in [6.45, 7) is 1.99. The minimum atomic E-state index is 0.465. The van der Waals surface area contributed by atoms with Crippen LogP contribution in [-0.2, 0) is 0 Å². The van der Waals surface area contributed by atoms with Gasteiger partial charge in [0.15, 0.2) is 5.82 Å². The van der Waals surface area contributed by atoms with Crippen molar-refractivity contribution in [2.45, 2.75) is 6.92 Å². The summed E-state index contributed by atoms with van der Waals surface area (Å²) in [5.41, 5.74) is 2.78. The van der Waals surface area contributed by atoms with Crippen LogP contribution in [0.4, 0.5) is 11.6 Å². The second-order valence-corrected chi connectivity index (χ2v) is 5.60. The van der Waals surface area contributed by atoms with Crippen LogP contribution in [0.2, 0.25) is 10.0 Å². The molecule has 3 rings (SSSR count). The van der Waals surface area contributed by atoms with Gasteiger partial charge in [-0.3, -0.25) is 0 Å². The molecule has 0 aliphatic heterocycles. The summed E-state index contributed by atoms with van der Waals surface area (Å²) in [5, 5.41) is 4.45. The van der Waals surface area contributed by atoms with Gasteiger partial charge in [-0.15, -0.1) is 0 Å². The van der Waals surface area contributed by atoms with Crippen molar-refractivity contribution in [2.24, 2.45) is 0 Å². The normalized spacial score (nSPS) is 10.5. The van der Waals surface area contributed by atoms with E-state index in [0.29, 0.717) is 21.8 Å². The van der Waals surface area contributed by atoms with Crippen molar-refractivity contribution in [1.29, 1.82) is 0 Å². The van der Waals surface area contributed by atoms with Crippen molar-refractivity contribution in [1.82, 2.24) is 15.0 Å². The molecule has 0 saturated carbocycles. The molecule has 1 aromatic heterocycles. The van der Waals surface area contributed by atoms with Crippen molar-refractivity contribution >= 4 is 34.8 Å². The second-order valence-electron chi connectivity index (χ2n) is 4.72. The molecule has 1 N–H and O–H groups in total. The smallest absolute Gasteiger partial charge is 0.230 e. The van der Waals surface area contributed by atoms with E-state index in [1.165, 1.54) is 6.33 Å². The molecule has 2 aromatic carbocycles. The minimum Gasteiger partial charge on any atom is -0.324 e. The zero-order valence-corrected chi connectivity index (χ0v) is 13.2. The van der Waals surface area contributed by atoms with Gasteiger partial charge in [0, 0.05) is 21.3 Å². The Morgan fingerprint density at radius 2 is 1.64 bits per heavy atom. The average Bonchev–Trinajstić information content (AvgIpc) is 2.52. The van der Waals surface area contributed by atoms with E-state index in [1.807, 2.05) is 37.3 Å². The molecule has 6 heteroatoms. The van der Waals surface area contributed by atoms with Gasteiger partial charge < -0.3 is 5.32 Å². The van der Waals surface area contributed by atoms with Gasteiger partial charge in [-0.2, -0.15) is 4.98 Å². The molecule has 0 bridgehead atoms. The number of halogens is 2. The molecular weight excluding hydrogens is 319 g/mol. The van der Waals surface area contributed by atoms with Crippen LogP contribution in [0.5, 0.6) is 0 Å². The Labute approximate surface area is 138 Å². The van der Waals surface area contributed by atoms with Crippen LogP contribution in [0.25, 0.3) is 11.4 Å². The Morgan fingerprint density at radius 1 is 0.909 bits per heavy atom. The third-order valence-electron chi connectivity index (χ3n) is 3.11. The molecule has 0 unspecified atom stereocenters. The van der Waals surface area contributed by atoms with Crippen molar-refractivity contribution in [3.05, 3.63) is 64.4 Å². The molecular formula is C16H12Cl2N4. The Hall–Kier alpha value is -2.17. The average molecular weight is 331 g/mol. The van der Waals surface area contributed by atoms with Crippen molar-refractivity contribution < 1.29 is 0 Å². The summed E-state index contributed by atoms with van der Waals surface area (Å²) in [6, 6.07) is 12.9. The minimum absolute atomic E-state index is 0.465. The fourth-order valence-electron chi connectivity index (χ4n) is 1.98. The Morgan fingerprint density at radius 3 is 2.41 bits per heavy atom. The molecule has 0 atom stereocenters. The lowest BCUT2D eigenvalue weighted by Crippen LogP contribution is -2.00. The Balaban J connectivity index is 1.92. The lowest BCUT2D eigenvalue weighted by Gasteiger charge is -2.08. The van der Waals surface area contributed by atoms with Gasteiger partial charge in [-0.05, 0) is 48.9 Å².